The second-order valence-corrected chi connectivity index (χ2v) is 6.89. The molecule has 0 spiro atoms. The van der Waals surface area contributed by atoms with E-state index in [9.17, 15) is 8.42 Å². The Morgan fingerprint density at radius 2 is 1.76 bits per heavy atom. The average Bonchev–Trinajstić information content (AvgIpc) is 2.46. The van der Waals surface area contributed by atoms with Crippen molar-refractivity contribution in [1.82, 2.24) is 9.71 Å². The Hall–Kier alpha value is -1.92. The summed E-state index contributed by atoms with van der Waals surface area (Å²) in [6.07, 6.45) is 1.26. The fraction of sp³-hybridized carbons (Fsp3) is 0.267. The van der Waals surface area contributed by atoms with Crippen LogP contribution in [0.15, 0.2) is 53.6 Å². The van der Waals surface area contributed by atoms with E-state index in [1.165, 1.54) is 18.3 Å². The summed E-state index contributed by atoms with van der Waals surface area (Å²) < 4.78 is 27.6. The van der Waals surface area contributed by atoms with Crippen molar-refractivity contribution in [2.75, 3.05) is 5.73 Å². The largest absolute Gasteiger partial charge is 0.384 e. The Bertz CT molecular complexity index is 683. The minimum Gasteiger partial charge on any atom is -0.384 e. The van der Waals surface area contributed by atoms with Gasteiger partial charge in [0.05, 0.1) is 0 Å². The zero-order valence-electron chi connectivity index (χ0n) is 12.0. The van der Waals surface area contributed by atoms with Crippen molar-refractivity contribution in [3.8, 4) is 0 Å². The second-order valence-electron chi connectivity index (χ2n) is 5.17. The third-order valence-corrected chi connectivity index (χ3v) is 4.60. The number of pyridine rings is 1. The summed E-state index contributed by atoms with van der Waals surface area (Å²) in [5.74, 6) is 0.404. The van der Waals surface area contributed by atoms with Gasteiger partial charge in [-0.3, -0.25) is 0 Å². The topological polar surface area (TPSA) is 85.1 Å². The summed E-state index contributed by atoms with van der Waals surface area (Å²) in [6.45, 7) is 3.95. The predicted molar refractivity (Wildman–Crippen MR) is 83.0 cm³/mol. The predicted octanol–water partition coefficient (Wildman–Crippen LogP) is 2.34. The smallest absolute Gasteiger partial charge is 0.242 e. The third-order valence-electron chi connectivity index (χ3n) is 3.18. The van der Waals surface area contributed by atoms with Gasteiger partial charge in [-0.05, 0) is 23.6 Å². The Labute approximate surface area is 125 Å². The van der Waals surface area contributed by atoms with Crippen LogP contribution in [-0.4, -0.2) is 13.4 Å². The summed E-state index contributed by atoms with van der Waals surface area (Å²) in [5.41, 5.74) is 6.41. The molecule has 0 bridgehead atoms. The molecule has 0 radical (unpaired) electrons. The number of nitrogens with zero attached hydrogens (tertiary/aromatic N) is 1. The van der Waals surface area contributed by atoms with Gasteiger partial charge in [0.2, 0.25) is 10.0 Å². The maximum atomic E-state index is 12.4. The maximum absolute atomic E-state index is 12.4. The number of nitrogens with one attached hydrogen (secondary N) is 1. The molecule has 21 heavy (non-hydrogen) atoms. The van der Waals surface area contributed by atoms with Crippen LogP contribution in [0.1, 0.15) is 25.5 Å². The zero-order valence-corrected chi connectivity index (χ0v) is 12.8. The van der Waals surface area contributed by atoms with Crippen molar-refractivity contribution in [2.24, 2.45) is 5.92 Å². The summed E-state index contributed by atoms with van der Waals surface area (Å²) in [6, 6.07) is 12.1. The van der Waals surface area contributed by atoms with Crippen molar-refractivity contribution < 1.29 is 8.42 Å². The molecule has 0 saturated heterocycles. The molecule has 1 aromatic heterocycles. The van der Waals surface area contributed by atoms with E-state index in [-0.39, 0.29) is 22.7 Å². The molecule has 112 valence electrons. The van der Waals surface area contributed by atoms with Crippen LogP contribution in [0.3, 0.4) is 0 Å². The van der Waals surface area contributed by atoms with Crippen molar-refractivity contribution in [3.63, 3.8) is 0 Å². The normalized spacial score (nSPS) is 13.3. The summed E-state index contributed by atoms with van der Waals surface area (Å²) in [4.78, 5) is 3.94. The van der Waals surface area contributed by atoms with E-state index in [4.69, 9.17) is 5.73 Å². The van der Waals surface area contributed by atoms with Gasteiger partial charge in [-0.15, -0.1) is 0 Å². The average molecular weight is 305 g/mol. The van der Waals surface area contributed by atoms with Gasteiger partial charge in [-0.2, -0.15) is 0 Å². The van der Waals surface area contributed by atoms with Crippen LogP contribution in [-0.2, 0) is 10.0 Å². The Morgan fingerprint density at radius 1 is 1.10 bits per heavy atom. The van der Waals surface area contributed by atoms with Crippen LogP contribution >= 0.6 is 0 Å². The first kappa shape index (κ1) is 15.5. The fourth-order valence-corrected chi connectivity index (χ4v) is 3.35. The van der Waals surface area contributed by atoms with Crippen LogP contribution in [0.5, 0.6) is 0 Å². The van der Waals surface area contributed by atoms with Gasteiger partial charge in [0.25, 0.3) is 0 Å². The molecular weight excluding hydrogens is 286 g/mol. The second kappa shape index (κ2) is 6.24. The number of anilines is 1. The van der Waals surface area contributed by atoms with Crippen LogP contribution in [0.2, 0.25) is 0 Å². The molecule has 6 heteroatoms. The molecule has 0 aliphatic rings. The van der Waals surface area contributed by atoms with Gasteiger partial charge in [-0.25, -0.2) is 18.1 Å². The molecule has 3 N–H and O–H groups in total. The number of nitrogen functional groups attached to an aromatic ring is 1. The lowest BCUT2D eigenvalue weighted by molar-refractivity contribution is 0.463. The Balaban J connectivity index is 2.30. The molecule has 1 aromatic carbocycles. The molecule has 0 fully saturated rings. The van der Waals surface area contributed by atoms with Gasteiger partial charge >= 0.3 is 0 Å². The molecular formula is C15H19N3O2S. The number of aromatic nitrogens is 1. The van der Waals surface area contributed by atoms with Gasteiger partial charge in [0.1, 0.15) is 10.7 Å². The number of benzene rings is 1. The van der Waals surface area contributed by atoms with Crippen LogP contribution in [0.4, 0.5) is 5.82 Å². The standard InChI is InChI=1S/C15H19N3O2S/c1-11(2)15(12-6-4-3-5-7-12)18-21(19,20)13-8-9-14(16)17-10-13/h3-11,15,18H,1-2H3,(H2,16,17). The first-order chi connectivity index (χ1) is 9.90. The van der Waals surface area contributed by atoms with E-state index >= 15 is 0 Å². The van der Waals surface area contributed by atoms with Crippen molar-refractivity contribution in [2.45, 2.75) is 24.8 Å². The van der Waals surface area contributed by atoms with Crippen molar-refractivity contribution >= 4 is 15.8 Å². The minimum absolute atomic E-state index is 0.110. The van der Waals surface area contributed by atoms with E-state index in [2.05, 4.69) is 9.71 Å². The number of hydrogen-bond donors (Lipinski definition) is 2. The minimum atomic E-state index is -3.64. The molecule has 0 amide bonds. The summed E-state index contributed by atoms with van der Waals surface area (Å²) >= 11 is 0. The number of nitrogens with two attached hydrogens (primary N) is 1. The Kier molecular flexibility index (Phi) is 4.59. The van der Waals surface area contributed by atoms with Crippen molar-refractivity contribution in [3.05, 3.63) is 54.2 Å². The van der Waals surface area contributed by atoms with Gasteiger partial charge in [-0.1, -0.05) is 44.2 Å². The monoisotopic (exact) mass is 305 g/mol. The highest BCUT2D eigenvalue weighted by molar-refractivity contribution is 7.89. The van der Waals surface area contributed by atoms with Gasteiger partial charge < -0.3 is 5.73 Å². The lowest BCUT2D eigenvalue weighted by atomic mass is 9.97. The number of rotatable bonds is 5. The highest BCUT2D eigenvalue weighted by atomic mass is 32.2. The summed E-state index contributed by atoms with van der Waals surface area (Å²) in [5, 5.41) is 0. The summed E-state index contributed by atoms with van der Waals surface area (Å²) in [7, 11) is -3.64. The molecule has 0 aliphatic carbocycles. The molecule has 1 heterocycles. The molecule has 1 atom stereocenters. The highest BCUT2D eigenvalue weighted by Gasteiger charge is 2.23. The van der Waals surface area contributed by atoms with E-state index < -0.39 is 10.0 Å². The lowest BCUT2D eigenvalue weighted by Crippen LogP contribution is -2.31. The molecule has 0 saturated carbocycles. The van der Waals surface area contributed by atoms with E-state index in [1.54, 1.807) is 0 Å². The van der Waals surface area contributed by atoms with Crippen LogP contribution < -0.4 is 10.5 Å². The molecule has 0 aliphatic heterocycles. The lowest BCUT2D eigenvalue weighted by Gasteiger charge is -2.22. The fourth-order valence-electron chi connectivity index (χ4n) is 2.04. The van der Waals surface area contributed by atoms with Gasteiger partial charge in [0.15, 0.2) is 0 Å². The Morgan fingerprint density at radius 3 is 2.29 bits per heavy atom. The van der Waals surface area contributed by atoms with Crippen LogP contribution in [0.25, 0.3) is 0 Å². The first-order valence-electron chi connectivity index (χ1n) is 6.69. The molecule has 1 unspecified atom stereocenters. The third kappa shape index (κ3) is 3.80. The van der Waals surface area contributed by atoms with E-state index in [1.807, 2.05) is 44.2 Å². The number of sulfonamides is 1. The van der Waals surface area contributed by atoms with Gasteiger partial charge in [0, 0.05) is 12.2 Å². The molecule has 2 aromatic rings. The maximum Gasteiger partial charge on any atom is 0.242 e. The van der Waals surface area contributed by atoms with E-state index in [0.29, 0.717) is 0 Å². The SMILES string of the molecule is CC(C)C(NS(=O)(=O)c1ccc(N)nc1)c1ccccc1. The molecule has 2 rings (SSSR count). The first-order valence-corrected chi connectivity index (χ1v) is 8.17. The van der Waals surface area contributed by atoms with E-state index in [0.717, 1.165) is 5.56 Å². The number of hydrogen-bond acceptors (Lipinski definition) is 4. The zero-order chi connectivity index (χ0) is 15.5. The van der Waals surface area contributed by atoms with Crippen LogP contribution in [0, 0.1) is 5.92 Å². The van der Waals surface area contributed by atoms with Crippen molar-refractivity contribution in [1.29, 1.82) is 0 Å². The highest BCUT2D eigenvalue weighted by Crippen LogP contribution is 2.24. The quantitative estimate of drug-likeness (QED) is 0.888. The molecule has 5 nitrogen and oxygen atoms in total.